The molecule has 4 aliphatic heterocycles. The van der Waals surface area contributed by atoms with Crippen LogP contribution >= 0.6 is 0 Å². The molecular weight excluding hydrogens is 388 g/mol. The molecule has 5 nitrogen and oxygen atoms in total. The predicted octanol–water partition coefficient (Wildman–Crippen LogP) is 2.49. The second kappa shape index (κ2) is 6.22. The van der Waals surface area contributed by atoms with Crippen LogP contribution in [0, 0.1) is 0 Å². The minimum absolute atomic E-state index is 0.299. The Kier molecular flexibility index (Phi) is 3.53. The van der Waals surface area contributed by atoms with Crippen molar-refractivity contribution in [3.8, 4) is 11.5 Å². The third-order valence-electron chi connectivity index (χ3n) is 7.45. The Morgan fingerprint density at radius 2 is 1.84 bits per heavy atom. The zero-order chi connectivity index (χ0) is 20.7. The summed E-state index contributed by atoms with van der Waals surface area (Å²) in [6.45, 7) is 3.25. The summed E-state index contributed by atoms with van der Waals surface area (Å²) in [4.78, 5) is 15.5. The van der Waals surface area contributed by atoms with Crippen molar-refractivity contribution >= 4 is 22.7 Å². The summed E-state index contributed by atoms with van der Waals surface area (Å²) in [6, 6.07) is 6.55. The van der Waals surface area contributed by atoms with Gasteiger partial charge < -0.3 is 14.1 Å². The van der Waals surface area contributed by atoms with Gasteiger partial charge in [-0.1, -0.05) is 0 Å². The zero-order valence-corrected chi connectivity index (χ0v) is 17.8. The Hall–Kier alpha value is -3.08. The molecule has 0 N–H and O–H groups in total. The Morgan fingerprint density at radius 3 is 2.74 bits per heavy atom. The number of aryl methyl sites for hydroxylation is 3. The molecule has 0 fully saturated rings. The average molecular weight is 413 g/mol. The first-order chi connectivity index (χ1) is 15.2. The van der Waals surface area contributed by atoms with E-state index in [0.717, 1.165) is 73.7 Å². The van der Waals surface area contributed by atoms with E-state index in [2.05, 4.69) is 34.7 Å². The molecule has 5 heteroatoms. The number of anilines is 1. The van der Waals surface area contributed by atoms with Crippen molar-refractivity contribution in [2.45, 2.75) is 38.5 Å². The molecule has 0 bridgehead atoms. The van der Waals surface area contributed by atoms with Crippen LogP contribution < -0.4 is 30.4 Å². The van der Waals surface area contributed by atoms with Gasteiger partial charge in [-0.2, -0.15) is 0 Å². The van der Waals surface area contributed by atoms with Crippen molar-refractivity contribution in [2.75, 3.05) is 31.6 Å². The van der Waals surface area contributed by atoms with E-state index in [1.165, 1.54) is 34.2 Å². The van der Waals surface area contributed by atoms with Crippen molar-refractivity contribution in [2.24, 2.45) is 0 Å². The van der Waals surface area contributed by atoms with E-state index in [1.807, 2.05) is 6.08 Å². The van der Waals surface area contributed by atoms with Crippen LogP contribution in [0.2, 0.25) is 0 Å². The SMILES string of the molecule is C[N+]1=c2cc3c(cc2CCC1)=Cc1c(c2cc4c5c(c2oc1=O)CCCN5CCC4)O3. The molecule has 0 spiro atoms. The van der Waals surface area contributed by atoms with Crippen molar-refractivity contribution in [1.82, 2.24) is 4.58 Å². The number of benzene rings is 2. The summed E-state index contributed by atoms with van der Waals surface area (Å²) in [5.41, 5.74) is 6.15. The van der Waals surface area contributed by atoms with Gasteiger partial charge in [0.25, 0.3) is 0 Å². The molecule has 31 heavy (non-hydrogen) atoms. The zero-order valence-electron chi connectivity index (χ0n) is 17.8. The molecular formula is C26H25N2O3+. The highest BCUT2D eigenvalue weighted by molar-refractivity contribution is 5.95. The first-order valence-electron chi connectivity index (χ1n) is 11.5. The van der Waals surface area contributed by atoms with Gasteiger partial charge in [0.2, 0.25) is 5.36 Å². The molecule has 5 heterocycles. The van der Waals surface area contributed by atoms with Crippen molar-refractivity contribution in [3.63, 3.8) is 0 Å². The summed E-state index contributed by atoms with van der Waals surface area (Å²) >= 11 is 0. The van der Waals surface area contributed by atoms with Crippen molar-refractivity contribution in [1.29, 1.82) is 0 Å². The summed E-state index contributed by atoms with van der Waals surface area (Å²) < 4.78 is 14.8. The quantitative estimate of drug-likeness (QED) is 0.328. The van der Waals surface area contributed by atoms with Crippen LogP contribution in [0.4, 0.5) is 5.69 Å². The molecule has 0 saturated carbocycles. The molecule has 0 amide bonds. The normalized spacial score (nSPS) is 18.5. The van der Waals surface area contributed by atoms with E-state index < -0.39 is 0 Å². The minimum Gasteiger partial charge on any atom is -0.455 e. The third kappa shape index (κ3) is 2.43. The molecule has 0 radical (unpaired) electrons. The van der Waals surface area contributed by atoms with Gasteiger partial charge >= 0.3 is 5.63 Å². The van der Waals surface area contributed by atoms with E-state index >= 15 is 0 Å². The first-order valence-corrected chi connectivity index (χ1v) is 11.5. The predicted molar refractivity (Wildman–Crippen MR) is 121 cm³/mol. The average Bonchev–Trinajstić information content (AvgIpc) is 2.79. The maximum atomic E-state index is 13.1. The highest BCUT2D eigenvalue weighted by atomic mass is 16.5. The van der Waals surface area contributed by atoms with Crippen LogP contribution in [0.3, 0.4) is 0 Å². The number of rotatable bonds is 0. The number of ether oxygens (including phenoxy) is 1. The Balaban J connectivity index is 1.53. The molecule has 156 valence electrons. The van der Waals surface area contributed by atoms with E-state index in [-0.39, 0.29) is 5.63 Å². The molecule has 0 atom stereocenters. The first kappa shape index (κ1) is 17.6. The highest BCUT2D eigenvalue weighted by Crippen LogP contribution is 2.43. The minimum atomic E-state index is -0.299. The Bertz CT molecular complexity index is 1480. The molecule has 1 aromatic heterocycles. The third-order valence-corrected chi connectivity index (χ3v) is 7.45. The van der Waals surface area contributed by atoms with E-state index in [4.69, 9.17) is 9.15 Å². The molecule has 0 aliphatic carbocycles. The maximum Gasteiger partial charge on any atom is 0.347 e. The number of hydrogen-bond donors (Lipinski definition) is 0. The van der Waals surface area contributed by atoms with Gasteiger partial charge in [0.15, 0.2) is 5.75 Å². The van der Waals surface area contributed by atoms with Crippen LogP contribution in [0.5, 0.6) is 11.5 Å². The van der Waals surface area contributed by atoms with Crippen LogP contribution in [0.15, 0.2) is 27.4 Å². The summed E-state index contributed by atoms with van der Waals surface area (Å²) in [5, 5.41) is 3.15. The summed E-state index contributed by atoms with van der Waals surface area (Å²) in [6.07, 6.45) is 8.47. The summed E-state index contributed by atoms with van der Waals surface area (Å²) in [5.74, 6) is 1.50. The monoisotopic (exact) mass is 413 g/mol. The second-order valence-corrected chi connectivity index (χ2v) is 9.36. The Morgan fingerprint density at radius 1 is 1.00 bits per heavy atom. The lowest BCUT2D eigenvalue weighted by atomic mass is 9.89. The Labute approximate surface area is 179 Å². The number of fused-ring (bicyclic) bond motifs is 6. The number of hydrogen-bond acceptors (Lipinski definition) is 4. The van der Waals surface area contributed by atoms with E-state index in [1.54, 1.807) is 0 Å². The van der Waals surface area contributed by atoms with E-state index in [0.29, 0.717) is 11.3 Å². The van der Waals surface area contributed by atoms with Gasteiger partial charge in [-0.15, -0.1) is 0 Å². The van der Waals surface area contributed by atoms with Gasteiger partial charge in [-0.05, 0) is 55.9 Å². The van der Waals surface area contributed by atoms with Gasteiger partial charge in [0.05, 0.1) is 11.5 Å². The molecule has 2 aromatic carbocycles. The summed E-state index contributed by atoms with van der Waals surface area (Å²) in [7, 11) is 2.14. The van der Waals surface area contributed by atoms with Crippen molar-refractivity contribution in [3.05, 3.63) is 61.4 Å². The van der Waals surface area contributed by atoms with Crippen molar-refractivity contribution < 1.29 is 9.15 Å². The topological polar surface area (TPSA) is 45.7 Å². The lowest BCUT2D eigenvalue weighted by Gasteiger charge is -2.37. The smallest absolute Gasteiger partial charge is 0.347 e. The molecule has 0 saturated heterocycles. The van der Waals surface area contributed by atoms with Gasteiger partial charge in [0.1, 0.15) is 30.5 Å². The lowest BCUT2D eigenvalue weighted by Crippen LogP contribution is -2.36. The van der Waals surface area contributed by atoms with Crippen LogP contribution in [-0.2, 0) is 19.3 Å². The fraction of sp³-hybridized carbons (Fsp3) is 0.385. The van der Waals surface area contributed by atoms with Crippen LogP contribution in [-0.4, -0.2) is 26.7 Å². The molecule has 3 aromatic rings. The van der Waals surface area contributed by atoms with E-state index in [9.17, 15) is 4.79 Å². The molecule has 7 rings (SSSR count). The fourth-order valence-corrected chi connectivity index (χ4v) is 6.02. The molecule has 4 aliphatic rings. The molecule has 0 unspecified atom stereocenters. The maximum absolute atomic E-state index is 13.1. The van der Waals surface area contributed by atoms with Gasteiger partial charge in [0, 0.05) is 41.5 Å². The number of nitrogens with zero attached hydrogens (tertiary/aromatic N) is 2. The van der Waals surface area contributed by atoms with Gasteiger partial charge in [-0.3, -0.25) is 0 Å². The van der Waals surface area contributed by atoms with Gasteiger partial charge in [-0.25, -0.2) is 9.37 Å². The van der Waals surface area contributed by atoms with Crippen LogP contribution in [0.25, 0.3) is 17.0 Å². The second-order valence-electron chi connectivity index (χ2n) is 9.36. The fourth-order valence-electron chi connectivity index (χ4n) is 6.02. The largest absolute Gasteiger partial charge is 0.455 e. The lowest BCUT2D eigenvalue weighted by molar-refractivity contribution is 0.460. The standard InChI is InChI=1S/C26H25N2O3/c1-27-8-2-5-15-11-17-13-20-25(30-22(17)14-21(15)27)19-12-16-6-3-9-28-10-4-7-18(23(16)28)24(19)31-26(20)29/h11-14H,2-10H2,1H3/q+1. The highest BCUT2D eigenvalue weighted by Gasteiger charge is 2.30. The van der Waals surface area contributed by atoms with Crippen LogP contribution in [0.1, 0.15) is 41.5 Å².